The lowest BCUT2D eigenvalue weighted by molar-refractivity contribution is -0.0455. The summed E-state index contributed by atoms with van der Waals surface area (Å²) in [6.07, 6.45) is 2.01. The van der Waals surface area contributed by atoms with Gasteiger partial charge in [-0.15, -0.1) is 0 Å². The fraction of sp³-hybridized carbons (Fsp3) is 1.00. The molecule has 0 aliphatic carbocycles. The normalized spacial score (nSPS) is 39.5. The van der Waals surface area contributed by atoms with Crippen molar-refractivity contribution in [3.05, 3.63) is 0 Å². The third-order valence-electron chi connectivity index (χ3n) is 3.17. The van der Waals surface area contributed by atoms with E-state index in [1.165, 1.54) is 6.42 Å². The van der Waals surface area contributed by atoms with E-state index in [-0.39, 0.29) is 11.6 Å². The van der Waals surface area contributed by atoms with E-state index in [0.717, 1.165) is 13.0 Å². The number of aliphatic hydroxyl groups is 1. The number of nitrogens with one attached hydrogen (secondary N) is 1. The summed E-state index contributed by atoms with van der Waals surface area (Å²) in [5, 5.41) is 12.8. The van der Waals surface area contributed by atoms with Crippen molar-refractivity contribution in [3.8, 4) is 0 Å². The lowest BCUT2D eigenvalue weighted by Crippen LogP contribution is -2.50. The maximum atomic E-state index is 9.69. The van der Waals surface area contributed by atoms with Crippen molar-refractivity contribution in [2.75, 3.05) is 6.54 Å². The molecule has 1 aliphatic rings. The Morgan fingerprint density at radius 2 is 2.18 bits per heavy atom. The molecule has 2 heteroatoms. The van der Waals surface area contributed by atoms with Gasteiger partial charge in [-0.25, -0.2) is 0 Å². The van der Waals surface area contributed by atoms with Crippen LogP contribution in [0.3, 0.4) is 0 Å². The summed E-state index contributed by atoms with van der Waals surface area (Å²) in [5.41, 5.74) is 0.0816. The van der Waals surface area contributed by atoms with Gasteiger partial charge >= 0.3 is 0 Å². The molecule has 1 heterocycles. The predicted molar refractivity (Wildman–Crippen MR) is 46.2 cm³/mol. The van der Waals surface area contributed by atoms with Crippen molar-refractivity contribution in [3.63, 3.8) is 0 Å². The molecule has 2 N–H and O–H groups in total. The van der Waals surface area contributed by atoms with Crippen molar-refractivity contribution in [2.24, 2.45) is 11.3 Å². The molecule has 0 aromatic rings. The Kier molecular flexibility index (Phi) is 2.55. The molecule has 0 spiro atoms. The van der Waals surface area contributed by atoms with Gasteiger partial charge in [-0.3, -0.25) is 5.32 Å². The molecular formula is C9H19NO. The molecule has 0 saturated carbocycles. The van der Waals surface area contributed by atoms with E-state index >= 15 is 0 Å². The van der Waals surface area contributed by atoms with Crippen molar-refractivity contribution < 1.29 is 5.11 Å². The molecule has 66 valence electrons. The molecule has 0 bridgehead atoms. The maximum Gasteiger partial charge on any atom is 0.110 e. The average molecular weight is 157 g/mol. The first kappa shape index (κ1) is 9.01. The summed E-state index contributed by atoms with van der Waals surface area (Å²) >= 11 is 0. The molecule has 1 saturated heterocycles. The van der Waals surface area contributed by atoms with E-state index < -0.39 is 0 Å². The van der Waals surface area contributed by atoms with Crippen LogP contribution in [0, 0.1) is 11.3 Å². The lowest BCUT2D eigenvalue weighted by atomic mass is 9.72. The Morgan fingerprint density at radius 3 is 2.55 bits per heavy atom. The van der Waals surface area contributed by atoms with Gasteiger partial charge < -0.3 is 5.11 Å². The Balaban J connectivity index is 2.64. The highest BCUT2D eigenvalue weighted by molar-refractivity contribution is 4.87. The first-order valence-corrected chi connectivity index (χ1v) is 4.49. The maximum absolute atomic E-state index is 9.69. The van der Waals surface area contributed by atoms with E-state index in [1.54, 1.807) is 0 Å². The van der Waals surface area contributed by atoms with Crippen LogP contribution in [0.15, 0.2) is 0 Å². The van der Waals surface area contributed by atoms with Gasteiger partial charge in [-0.1, -0.05) is 20.8 Å². The van der Waals surface area contributed by atoms with Gasteiger partial charge in [0.15, 0.2) is 0 Å². The third kappa shape index (κ3) is 1.57. The van der Waals surface area contributed by atoms with Crippen LogP contribution < -0.4 is 5.32 Å². The molecule has 0 aromatic heterocycles. The summed E-state index contributed by atoms with van der Waals surface area (Å²) in [7, 11) is 0. The smallest absolute Gasteiger partial charge is 0.110 e. The zero-order valence-corrected chi connectivity index (χ0v) is 7.72. The number of aliphatic hydroxyl groups excluding tert-OH is 1. The highest BCUT2D eigenvalue weighted by atomic mass is 16.3. The van der Waals surface area contributed by atoms with Gasteiger partial charge in [0.25, 0.3) is 0 Å². The van der Waals surface area contributed by atoms with Crippen LogP contribution in [0.25, 0.3) is 0 Å². The SMILES string of the molecule is CC(C)[C@]1(C)CCCNC1O. The quantitative estimate of drug-likeness (QED) is 0.602. The fourth-order valence-corrected chi connectivity index (χ4v) is 1.68. The second-order valence-corrected chi connectivity index (χ2v) is 4.12. The molecule has 2 nitrogen and oxygen atoms in total. The lowest BCUT2D eigenvalue weighted by Gasteiger charge is -2.42. The monoisotopic (exact) mass is 157 g/mol. The third-order valence-corrected chi connectivity index (χ3v) is 3.17. The Hall–Kier alpha value is -0.0800. The standard InChI is InChI=1S/C9H19NO/c1-7(2)9(3)5-4-6-10-8(9)11/h7-8,10-11H,4-6H2,1-3H3/t8?,9-/m0/s1. The first-order chi connectivity index (χ1) is 5.07. The van der Waals surface area contributed by atoms with Crippen LogP contribution in [-0.4, -0.2) is 17.9 Å². The predicted octanol–water partition coefficient (Wildman–Crippen LogP) is 1.35. The number of hydrogen-bond donors (Lipinski definition) is 2. The van der Waals surface area contributed by atoms with Crippen molar-refractivity contribution in [1.29, 1.82) is 0 Å². The summed E-state index contributed by atoms with van der Waals surface area (Å²) < 4.78 is 0. The Labute approximate surface area is 69.0 Å². The van der Waals surface area contributed by atoms with Crippen molar-refractivity contribution in [2.45, 2.75) is 39.8 Å². The summed E-state index contributed by atoms with van der Waals surface area (Å²) in [6.45, 7) is 7.48. The fourth-order valence-electron chi connectivity index (χ4n) is 1.68. The minimum atomic E-state index is -0.309. The number of piperidine rings is 1. The topological polar surface area (TPSA) is 32.3 Å². The summed E-state index contributed by atoms with van der Waals surface area (Å²) in [6, 6.07) is 0. The van der Waals surface area contributed by atoms with E-state index in [2.05, 4.69) is 26.1 Å². The minimum Gasteiger partial charge on any atom is -0.378 e. The van der Waals surface area contributed by atoms with Crippen molar-refractivity contribution >= 4 is 0 Å². The van der Waals surface area contributed by atoms with Crippen LogP contribution >= 0.6 is 0 Å². The van der Waals surface area contributed by atoms with E-state index in [9.17, 15) is 5.11 Å². The minimum absolute atomic E-state index is 0.0816. The zero-order chi connectivity index (χ0) is 8.48. The zero-order valence-electron chi connectivity index (χ0n) is 7.72. The second-order valence-electron chi connectivity index (χ2n) is 4.12. The van der Waals surface area contributed by atoms with Gasteiger partial charge in [0.2, 0.25) is 0 Å². The van der Waals surface area contributed by atoms with Crippen LogP contribution in [0.5, 0.6) is 0 Å². The highest BCUT2D eigenvalue weighted by Gasteiger charge is 2.37. The van der Waals surface area contributed by atoms with Crippen molar-refractivity contribution in [1.82, 2.24) is 5.32 Å². The van der Waals surface area contributed by atoms with Crippen LogP contribution in [0.2, 0.25) is 0 Å². The number of rotatable bonds is 1. The first-order valence-electron chi connectivity index (χ1n) is 4.49. The van der Waals surface area contributed by atoms with E-state index in [4.69, 9.17) is 0 Å². The largest absolute Gasteiger partial charge is 0.378 e. The van der Waals surface area contributed by atoms with Gasteiger partial charge in [0.05, 0.1) is 0 Å². The summed E-state index contributed by atoms with van der Waals surface area (Å²) in [5.74, 6) is 0.547. The Bertz CT molecular complexity index is 136. The van der Waals surface area contributed by atoms with Gasteiger partial charge in [-0.2, -0.15) is 0 Å². The van der Waals surface area contributed by atoms with E-state index in [0.29, 0.717) is 5.92 Å². The molecule has 1 fully saturated rings. The molecule has 0 amide bonds. The van der Waals surface area contributed by atoms with Gasteiger partial charge in [-0.05, 0) is 25.3 Å². The molecular weight excluding hydrogens is 138 g/mol. The van der Waals surface area contributed by atoms with E-state index in [1.807, 2.05) is 0 Å². The molecule has 2 atom stereocenters. The van der Waals surface area contributed by atoms with Crippen LogP contribution in [0.4, 0.5) is 0 Å². The average Bonchev–Trinajstić information content (AvgIpc) is 1.95. The summed E-state index contributed by atoms with van der Waals surface area (Å²) in [4.78, 5) is 0. The molecule has 0 aromatic carbocycles. The Morgan fingerprint density at radius 1 is 1.55 bits per heavy atom. The molecule has 11 heavy (non-hydrogen) atoms. The highest BCUT2D eigenvalue weighted by Crippen LogP contribution is 2.36. The molecule has 1 aliphatic heterocycles. The number of hydrogen-bond acceptors (Lipinski definition) is 2. The van der Waals surface area contributed by atoms with Gasteiger partial charge in [0, 0.05) is 5.41 Å². The molecule has 1 unspecified atom stereocenters. The second kappa shape index (κ2) is 3.11. The van der Waals surface area contributed by atoms with Crippen LogP contribution in [0.1, 0.15) is 33.6 Å². The van der Waals surface area contributed by atoms with Gasteiger partial charge in [0.1, 0.15) is 6.23 Å². The molecule has 0 radical (unpaired) electrons. The van der Waals surface area contributed by atoms with Crippen LogP contribution in [-0.2, 0) is 0 Å². The molecule has 1 rings (SSSR count).